The highest BCUT2D eigenvalue weighted by Gasteiger charge is 2.41. The number of nitrogens with zero attached hydrogens (tertiary/aromatic N) is 1. The Bertz CT molecular complexity index is 199. The molecule has 1 aliphatic rings. The fraction of sp³-hybridized carbons (Fsp3) is 1.00. The van der Waals surface area contributed by atoms with Crippen molar-refractivity contribution in [2.75, 3.05) is 39.4 Å². The number of nitrogens with two attached hydrogens (primary N) is 1. The van der Waals surface area contributed by atoms with Gasteiger partial charge in [-0.25, -0.2) is 0 Å². The number of rotatable bonds is 5. The molecule has 0 aromatic rings. The predicted molar refractivity (Wildman–Crippen MR) is 55.1 cm³/mol. The monoisotopic (exact) mass is 240 g/mol. The number of ether oxygens (including phenoxy) is 1. The van der Waals surface area contributed by atoms with Gasteiger partial charge >= 0.3 is 6.18 Å². The lowest BCUT2D eigenvalue weighted by atomic mass is 9.98. The van der Waals surface area contributed by atoms with E-state index in [1.54, 1.807) is 0 Å². The summed E-state index contributed by atoms with van der Waals surface area (Å²) in [4.78, 5) is 1.82. The van der Waals surface area contributed by atoms with Crippen LogP contribution in [0.4, 0.5) is 13.2 Å². The highest BCUT2D eigenvalue weighted by atomic mass is 19.4. The number of likely N-dealkylation sites (tertiary alicyclic amines) is 1. The Morgan fingerprint density at radius 2 is 2.06 bits per heavy atom. The highest BCUT2D eigenvalue weighted by molar-refractivity contribution is 4.77. The number of halogens is 3. The molecular weight excluding hydrogens is 221 g/mol. The Balaban J connectivity index is 2.23. The third-order valence-electron chi connectivity index (χ3n) is 2.78. The molecule has 1 rings (SSSR count). The maximum Gasteiger partial charge on any atom is 0.393 e. The summed E-state index contributed by atoms with van der Waals surface area (Å²) in [6, 6.07) is 0. The van der Waals surface area contributed by atoms with Crippen LogP contribution in [0.1, 0.15) is 12.8 Å². The van der Waals surface area contributed by atoms with Gasteiger partial charge in [0.1, 0.15) is 0 Å². The first-order valence-electron chi connectivity index (χ1n) is 5.61. The van der Waals surface area contributed by atoms with E-state index in [0.717, 1.165) is 6.54 Å². The quantitative estimate of drug-likeness (QED) is 0.735. The molecule has 1 aliphatic heterocycles. The zero-order valence-electron chi connectivity index (χ0n) is 9.30. The molecule has 2 N–H and O–H groups in total. The molecule has 3 nitrogen and oxygen atoms in total. The van der Waals surface area contributed by atoms with Crippen LogP contribution in [0.25, 0.3) is 0 Å². The maximum atomic E-state index is 12.5. The average molecular weight is 240 g/mol. The molecule has 1 heterocycles. The standard InChI is InChI=1S/C10H19F3N2O/c11-10(12,13)9-2-1-4-15(8-9)5-7-16-6-3-14/h9H,1-8,14H2. The van der Waals surface area contributed by atoms with Gasteiger partial charge in [-0.15, -0.1) is 0 Å². The molecule has 96 valence electrons. The summed E-state index contributed by atoms with van der Waals surface area (Å²) in [5.41, 5.74) is 5.24. The van der Waals surface area contributed by atoms with Crippen molar-refractivity contribution < 1.29 is 17.9 Å². The number of hydrogen-bond acceptors (Lipinski definition) is 3. The van der Waals surface area contributed by atoms with E-state index in [-0.39, 0.29) is 13.0 Å². The summed E-state index contributed by atoms with van der Waals surface area (Å²) in [7, 11) is 0. The van der Waals surface area contributed by atoms with E-state index in [0.29, 0.717) is 32.7 Å². The molecule has 1 saturated heterocycles. The van der Waals surface area contributed by atoms with Crippen molar-refractivity contribution in [2.24, 2.45) is 11.7 Å². The van der Waals surface area contributed by atoms with Gasteiger partial charge in [0.15, 0.2) is 0 Å². The van der Waals surface area contributed by atoms with Gasteiger partial charge in [0, 0.05) is 19.6 Å². The van der Waals surface area contributed by atoms with Crippen molar-refractivity contribution in [3.63, 3.8) is 0 Å². The van der Waals surface area contributed by atoms with Gasteiger partial charge in [-0.2, -0.15) is 13.2 Å². The van der Waals surface area contributed by atoms with Crippen molar-refractivity contribution in [2.45, 2.75) is 19.0 Å². The molecule has 0 amide bonds. The molecule has 0 aliphatic carbocycles. The second-order valence-electron chi connectivity index (χ2n) is 4.08. The van der Waals surface area contributed by atoms with E-state index in [1.807, 2.05) is 4.90 Å². The molecule has 1 atom stereocenters. The van der Waals surface area contributed by atoms with Crippen LogP contribution in [0, 0.1) is 5.92 Å². The van der Waals surface area contributed by atoms with Gasteiger partial charge in [0.2, 0.25) is 0 Å². The summed E-state index contributed by atoms with van der Waals surface area (Å²) < 4.78 is 42.6. The lowest BCUT2D eigenvalue weighted by Gasteiger charge is -2.33. The van der Waals surface area contributed by atoms with Gasteiger partial charge in [0.25, 0.3) is 0 Å². The molecule has 16 heavy (non-hydrogen) atoms. The minimum Gasteiger partial charge on any atom is -0.379 e. The van der Waals surface area contributed by atoms with Gasteiger partial charge in [-0.05, 0) is 19.4 Å². The molecule has 1 fully saturated rings. The van der Waals surface area contributed by atoms with E-state index >= 15 is 0 Å². The molecule has 0 aromatic carbocycles. The fourth-order valence-corrected chi connectivity index (χ4v) is 1.90. The summed E-state index contributed by atoms with van der Waals surface area (Å²) in [6.45, 7) is 2.78. The van der Waals surface area contributed by atoms with E-state index in [4.69, 9.17) is 10.5 Å². The highest BCUT2D eigenvalue weighted by Crippen LogP contribution is 2.32. The largest absolute Gasteiger partial charge is 0.393 e. The molecule has 0 spiro atoms. The van der Waals surface area contributed by atoms with Gasteiger partial charge in [-0.3, -0.25) is 0 Å². The van der Waals surface area contributed by atoms with Gasteiger partial charge < -0.3 is 15.4 Å². The number of piperidine rings is 1. The molecule has 0 aromatic heterocycles. The topological polar surface area (TPSA) is 38.5 Å². The SMILES string of the molecule is NCCOCCN1CCCC(C(F)(F)F)C1. The van der Waals surface area contributed by atoms with Crippen LogP contribution in [0.5, 0.6) is 0 Å². The van der Waals surface area contributed by atoms with Crippen LogP contribution in [0.2, 0.25) is 0 Å². The van der Waals surface area contributed by atoms with E-state index in [1.165, 1.54) is 0 Å². The normalized spacial score (nSPS) is 23.6. The Hall–Kier alpha value is -0.330. The van der Waals surface area contributed by atoms with Crippen LogP contribution >= 0.6 is 0 Å². The molecule has 0 radical (unpaired) electrons. The first-order chi connectivity index (χ1) is 7.54. The zero-order valence-corrected chi connectivity index (χ0v) is 9.30. The van der Waals surface area contributed by atoms with E-state index < -0.39 is 12.1 Å². The first-order valence-corrected chi connectivity index (χ1v) is 5.61. The minimum atomic E-state index is -4.06. The third-order valence-corrected chi connectivity index (χ3v) is 2.78. The van der Waals surface area contributed by atoms with Crippen LogP contribution < -0.4 is 5.73 Å². The Labute approximate surface area is 93.7 Å². The third kappa shape index (κ3) is 4.67. The second kappa shape index (κ2) is 6.42. The fourth-order valence-electron chi connectivity index (χ4n) is 1.90. The minimum absolute atomic E-state index is 0.107. The first kappa shape index (κ1) is 13.7. The second-order valence-corrected chi connectivity index (χ2v) is 4.08. The van der Waals surface area contributed by atoms with Gasteiger partial charge in [0.05, 0.1) is 19.1 Å². The summed E-state index contributed by atoms with van der Waals surface area (Å²) >= 11 is 0. The Kier molecular flexibility index (Phi) is 5.51. The summed E-state index contributed by atoms with van der Waals surface area (Å²) in [6.07, 6.45) is -3.19. The predicted octanol–water partition coefficient (Wildman–Crippen LogP) is 1.24. The molecule has 1 unspecified atom stereocenters. The summed E-state index contributed by atoms with van der Waals surface area (Å²) in [5, 5.41) is 0. The Morgan fingerprint density at radius 3 is 2.69 bits per heavy atom. The van der Waals surface area contributed by atoms with Crippen LogP contribution in [-0.4, -0.2) is 50.5 Å². The molecular formula is C10H19F3N2O. The van der Waals surface area contributed by atoms with E-state index in [2.05, 4.69) is 0 Å². The van der Waals surface area contributed by atoms with Crippen LogP contribution in [-0.2, 0) is 4.74 Å². The maximum absolute atomic E-state index is 12.5. The van der Waals surface area contributed by atoms with Crippen molar-refractivity contribution >= 4 is 0 Å². The average Bonchev–Trinajstić information content (AvgIpc) is 2.24. The number of hydrogen-bond donors (Lipinski definition) is 1. The van der Waals surface area contributed by atoms with Crippen molar-refractivity contribution in [1.82, 2.24) is 4.90 Å². The lowest BCUT2D eigenvalue weighted by molar-refractivity contribution is -0.187. The Morgan fingerprint density at radius 1 is 1.31 bits per heavy atom. The number of alkyl halides is 3. The summed E-state index contributed by atoms with van der Waals surface area (Å²) in [5.74, 6) is -1.17. The molecule has 0 bridgehead atoms. The van der Waals surface area contributed by atoms with Gasteiger partial charge in [-0.1, -0.05) is 0 Å². The van der Waals surface area contributed by atoms with Crippen LogP contribution in [0.3, 0.4) is 0 Å². The zero-order chi connectivity index (χ0) is 12.0. The van der Waals surface area contributed by atoms with Crippen molar-refractivity contribution in [1.29, 1.82) is 0 Å². The van der Waals surface area contributed by atoms with Crippen molar-refractivity contribution in [3.05, 3.63) is 0 Å². The van der Waals surface area contributed by atoms with E-state index in [9.17, 15) is 13.2 Å². The lowest BCUT2D eigenvalue weighted by Crippen LogP contribution is -2.43. The van der Waals surface area contributed by atoms with Crippen LogP contribution in [0.15, 0.2) is 0 Å². The molecule has 6 heteroatoms. The molecule has 0 saturated carbocycles. The van der Waals surface area contributed by atoms with Crippen molar-refractivity contribution in [3.8, 4) is 0 Å². The smallest absolute Gasteiger partial charge is 0.379 e.